The van der Waals surface area contributed by atoms with Crippen molar-refractivity contribution in [1.82, 2.24) is 9.13 Å². The molecule has 0 aliphatic carbocycles. The summed E-state index contributed by atoms with van der Waals surface area (Å²) in [4.78, 5) is 23.6. The fraction of sp³-hybridized carbons (Fsp3) is 0.636. The summed E-state index contributed by atoms with van der Waals surface area (Å²) in [5.41, 5.74) is -0.804. The van der Waals surface area contributed by atoms with Crippen molar-refractivity contribution in [3.8, 4) is 0 Å². The Bertz CT molecular complexity index is 596. The van der Waals surface area contributed by atoms with E-state index in [9.17, 15) is 14.7 Å². The number of halogens is 1. The van der Waals surface area contributed by atoms with E-state index in [1.54, 1.807) is 0 Å². The molecule has 1 aliphatic rings. The first-order chi connectivity index (χ1) is 8.88. The number of hydrogen-bond donors (Lipinski definition) is 2. The lowest BCUT2D eigenvalue weighted by molar-refractivity contribution is -0.0231. The van der Waals surface area contributed by atoms with Crippen molar-refractivity contribution in [3.63, 3.8) is 0 Å². The van der Waals surface area contributed by atoms with E-state index < -0.39 is 41.5 Å². The quantitative estimate of drug-likeness (QED) is 0.646. The van der Waals surface area contributed by atoms with Gasteiger partial charge in [0.15, 0.2) is 0 Å². The summed E-state index contributed by atoms with van der Waals surface area (Å²) in [5, 5.41) is 18.0. The van der Waals surface area contributed by atoms with Crippen LogP contribution in [0.2, 0.25) is 0 Å². The predicted octanol–water partition coefficient (Wildman–Crippen LogP) is -1.52. The molecule has 0 aromatic carbocycles. The van der Waals surface area contributed by atoms with Crippen LogP contribution in [0.15, 0.2) is 15.8 Å². The molecule has 0 amide bonds. The lowest BCUT2D eigenvalue weighted by Gasteiger charge is -2.15. The molecule has 106 valence electrons. The van der Waals surface area contributed by atoms with E-state index in [1.165, 1.54) is 24.9 Å². The molecule has 2 heterocycles. The van der Waals surface area contributed by atoms with Crippen molar-refractivity contribution >= 4 is 11.6 Å². The zero-order valence-electron chi connectivity index (χ0n) is 10.5. The van der Waals surface area contributed by atoms with Crippen molar-refractivity contribution < 1.29 is 14.9 Å². The molecule has 2 N–H and O–H groups in total. The maximum absolute atomic E-state index is 12.0. The maximum Gasteiger partial charge on any atom is 0.330 e. The summed E-state index contributed by atoms with van der Waals surface area (Å²) in [6.07, 6.45) is -1.43. The van der Waals surface area contributed by atoms with Crippen molar-refractivity contribution in [2.45, 2.75) is 23.7 Å². The van der Waals surface area contributed by atoms with E-state index >= 15 is 0 Å². The van der Waals surface area contributed by atoms with Gasteiger partial charge >= 0.3 is 5.69 Å². The average Bonchev–Trinajstić information content (AvgIpc) is 2.68. The Balaban J connectivity index is 2.50. The van der Waals surface area contributed by atoms with Crippen LogP contribution < -0.4 is 11.2 Å². The highest BCUT2D eigenvalue weighted by Gasteiger charge is 2.44. The molecule has 0 unspecified atom stereocenters. The van der Waals surface area contributed by atoms with Crippen LogP contribution in [-0.2, 0) is 18.8 Å². The van der Waals surface area contributed by atoms with Gasteiger partial charge in [-0.2, -0.15) is 0 Å². The number of aliphatic hydroxyl groups excluding tert-OH is 2. The van der Waals surface area contributed by atoms with Crippen LogP contribution in [0.25, 0.3) is 0 Å². The van der Waals surface area contributed by atoms with Gasteiger partial charge < -0.3 is 19.5 Å². The van der Waals surface area contributed by atoms with Gasteiger partial charge in [-0.15, -0.1) is 11.6 Å². The molecule has 1 aromatic heterocycles. The van der Waals surface area contributed by atoms with Crippen LogP contribution in [0, 0.1) is 0 Å². The molecule has 1 saturated heterocycles. The molecule has 0 saturated carbocycles. The number of hydrogen-bond acceptors (Lipinski definition) is 5. The fourth-order valence-corrected chi connectivity index (χ4v) is 2.51. The number of aryl methyl sites for hydroxylation is 1. The Hall–Kier alpha value is -1.15. The third kappa shape index (κ3) is 2.23. The topological polar surface area (TPSA) is 93.7 Å². The van der Waals surface area contributed by atoms with Crippen molar-refractivity contribution in [3.05, 3.63) is 32.6 Å². The highest BCUT2D eigenvalue weighted by molar-refractivity contribution is 6.21. The van der Waals surface area contributed by atoms with Gasteiger partial charge in [0.2, 0.25) is 0 Å². The van der Waals surface area contributed by atoms with E-state index in [0.29, 0.717) is 0 Å². The number of aromatic nitrogens is 2. The first kappa shape index (κ1) is 14.3. The van der Waals surface area contributed by atoms with E-state index in [-0.39, 0.29) is 5.56 Å². The molecule has 7 nitrogen and oxygen atoms in total. The summed E-state index contributed by atoms with van der Waals surface area (Å²) in [6.45, 7) is -0.396. The zero-order chi connectivity index (χ0) is 14.3. The summed E-state index contributed by atoms with van der Waals surface area (Å²) < 4.78 is 7.58. The van der Waals surface area contributed by atoms with E-state index in [1.807, 2.05) is 0 Å². The Labute approximate surface area is 113 Å². The minimum absolute atomic E-state index is 0.180. The highest BCUT2D eigenvalue weighted by atomic mass is 35.5. The highest BCUT2D eigenvalue weighted by Crippen LogP contribution is 2.35. The van der Waals surface area contributed by atoms with Crippen LogP contribution in [0.4, 0.5) is 0 Å². The zero-order valence-corrected chi connectivity index (χ0v) is 11.2. The van der Waals surface area contributed by atoms with Crippen molar-refractivity contribution in [1.29, 1.82) is 0 Å². The predicted molar refractivity (Wildman–Crippen MR) is 67.3 cm³/mol. The normalized spacial score (nSPS) is 30.8. The Morgan fingerprint density at radius 1 is 1.42 bits per heavy atom. The third-order valence-electron chi connectivity index (χ3n) is 3.28. The number of rotatable bonds is 2. The maximum atomic E-state index is 12.0. The summed E-state index contributed by atoms with van der Waals surface area (Å²) >= 11 is 6.03. The smallest absolute Gasteiger partial charge is 0.330 e. The van der Waals surface area contributed by atoms with E-state index in [2.05, 4.69) is 0 Å². The van der Waals surface area contributed by atoms with Crippen LogP contribution in [0.1, 0.15) is 11.7 Å². The number of ether oxygens (including phenoxy) is 1. The molecule has 8 heteroatoms. The van der Waals surface area contributed by atoms with Crippen molar-refractivity contribution in [2.24, 2.45) is 14.1 Å². The molecule has 1 aliphatic heterocycles. The minimum atomic E-state index is -1.07. The van der Waals surface area contributed by atoms with Gasteiger partial charge in [0.1, 0.15) is 18.3 Å². The van der Waals surface area contributed by atoms with Crippen LogP contribution in [0.3, 0.4) is 0 Å². The Kier molecular flexibility index (Phi) is 3.82. The average molecular weight is 291 g/mol. The van der Waals surface area contributed by atoms with Crippen molar-refractivity contribution in [2.75, 3.05) is 6.61 Å². The molecule has 0 bridgehead atoms. The molecular weight excluding hydrogens is 276 g/mol. The molecule has 2 rings (SSSR count). The standard InChI is InChI=1S/C11H15ClN2O5/c1-13-3-5(10(17)14(2)11(13)18)9-7(12)8(16)6(4-15)19-9/h3,6-9,15-16H,4H2,1-2H3/t6-,7-,8-,9+/m1/s1. The van der Waals surface area contributed by atoms with Gasteiger partial charge in [0.05, 0.1) is 17.5 Å². The summed E-state index contributed by atoms with van der Waals surface area (Å²) in [6, 6.07) is 0. The Morgan fingerprint density at radius 2 is 2.05 bits per heavy atom. The monoisotopic (exact) mass is 290 g/mol. The van der Waals surface area contributed by atoms with Crippen LogP contribution >= 0.6 is 11.6 Å². The van der Waals surface area contributed by atoms with Gasteiger partial charge in [-0.3, -0.25) is 9.36 Å². The summed E-state index contributed by atoms with van der Waals surface area (Å²) in [5.74, 6) is 0. The summed E-state index contributed by atoms with van der Waals surface area (Å²) in [7, 11) is 2.86. The second-order valence-electron chi connectivity index (χ2n) is 4.55. The van der Waals surface area contributed by atoms with Gasteiger partial charge in [0.25, 0.3) is 5.56 Å². The number of aliphatic hydroxyl groups is 2. The second-order valence-corrected chi connectivity index (χ2v) is 5.06. The molecule has 4 atom stereocenters. The fourth-order valence-electron chi connectivity index (χ4n) is 2.16. The number of alkyl halides is 1. The lowest BCUT2D eigenvalue weighted by Crippen LogP contribution is -2.40. The lowest BCUT2D eigenvalue weighted by atomic mass is 10.1. The number of nitrogens with zero attached hydrogens (tertiary/aromatic N) is 2. The van der Waals surface area contributed by atoms with Gasteiger partial charge in [0, 0.05) is 20.3 Å². The third-order valence-corrected chi connectivity index (χ3v) is 3.76. The Morgan fingerprint density at radius 3 is 2.58 bits per heavy atom. The van der Waals surface area contributed by atoms with Crippen LogP contribution in [-0.4, -0.2) is 43.5 Å². The van der Waals surface area contributed by atoms with E-state index in [0.717, 1.165) is 4.57 Å². The SMILES string of the molecule is Cn1cc([C@@H]2O[C@H](CO)[C@@H](O)[C@H]2Cl)c(=O)n(C)c1=O. The first-order valence-corrected chi connectivity index (χ1v) is 6.17. The van der Waals surface area contributed by atoms with E-state index in [4.69, 9.17) is 21.4 Å². The molecular formula is C11H15ClN2O5. The first-order valence-electron chi connectivity index (χ1n) is 5.73. The van der Waals surface area contributed by atoms with Gasteiger partial charge in [-0.25, -0.2) is 4.79 Å². The molecule has 0 radical (unpaired) electrons. The molecule has 1 fully saturated rings. The van der Waals surface area contributed by atoms with Gasteiger partial charge in [-0.05, 0) is 0 Å². The van der Waals surface area contributed by atoms with Gasteiger partial charge in [-0.1, -0.05) is 0 Å². The minimum Gasteiger partial charge on any atom is -0.394 e. The van der Waals surface area contributed by atoms with Crippen LogP contribution in [0.5, 0.6) is 0 Å². The molecule has 19 heavy (non-hydrogen) atoms. The molecule has 0 spiro atoms. The second kappa shape index (κ2) is 5.09. The molecule has 1 aromatic rings. The largest absolute Gasteiger partial charge is 0.394 e.